The number of nitrogens with zero attached hydrogens (tertiary/aromatic N) is 2. The van der Waals surface area contributed by atoms with E-state index in [-0.39, 0.29) is 11.5 Å². The van der Waals surface area contributed by atoms with Crippen LogP contribution in [0.1, 0.15) is 49.7 Å². The number of carbonyl (C=O) groups is 1. The Morgan fingerprint density at radius 2 is 1.88 bits per heavy atom. The van der Waals surface area contributed by atoms with Gasteiger partial charge in [0.15, 0.2) is 0 Å². The number of nitrogens with one attached hydrogen (secondary N) is 2. The third-order valence-electron chi connectivity index (χ3n) is 6.48. The minimum absolute atomic E-state index is 0.194. The van der Waals surface area contributed by atoms with Crippen LogP contribution >= 0.6 is 11.3 Å². The van der Waals surface area contributed by atoms with Gasteiger partial charge >= 0.3 is 0 Å². The monoisotopic (exact) mass is 472 g/mol. The van der Waals surface area contributed by atoms with E-state index in [0.717, 1.165) is 36.2 Å². The summed E-state index contributed by atoms with van der Waals surface area (Å²) in [5, 5.41) is 3.49. The Morgan fingerprint density at radius 1 is 1.12 bits per heavy atom. The van der Waals surface area contributed by atoms with Crippen LogP contribution < -0.4 is 15.8 Å². The van der Waals surface area contributed by atoms with Gasteiger partial charge in [0.2, 0.25) is 0 Å². The Morgan fingerprint density at radius 3 is 2.68 bits per heavy atom. The smallest absolute Gasteiger partial charge is 0.266 e. The first-order chi connectivity index (χ1) is 16.3. The van der Waals surface area contributed by atoms with Gasteiger partial charge in [0.25, 0.3) is 11.5 Å². The van der Waals surface area contributed by atoms with E-state index >= 15 is 0 Å². The largest absolute Gasteiger partial charge is 0.364 e. The average molecular weight is 473 g/mol. The molecule has 0 bridgehead atoms. The maximum Gasteiger partial charge on any atom is 0.266 e. The van der Waals surface area contributed by atoms with Crippen molar-refractivity contribution in [3.05, 3.63) is 85.3 Å². The number of thiophene rings is 1. The van der Waals surface area contributed by atoms with Gasteiger partial charge in [-0.15, -0.1) is 11.3 Å². The summed E-state index contributed by atoms with van der Waals surface area (Å²) in [6.07, 6.45) is 2.14. The molecule has 2 aromatic carbocycles. The first-order valence-corrected chi connectivity index (χ1v) is 12.4. The molecule has 0 unspecified atom stereocenters. The van der Waals surface area contributed by atoms with Crippen molar-refractivity contribution in [2.45, 2.75) is 47.1 Å². The molecular formula is C27H28N4O2S. The summed E-state index contributed by atoms with van der Waals surface area (Å²) in [6.45, 7) is 9.37. The lowest BCUT2D eigenvalue weighted by molar-refractivity contribution is 0.103. The van der Waals surface area contributed by atoms with Gasteiger partial charge in [0, 0.05) is 17.9 Å². The molecular weight excluding hydrogens is 444 g/mol. The highest BCUT2D eigenvalue weighted by molar-refractivity contribution is 7.20. The summed E-state index contributed by atoms with van der Waals surface area (Å²) in [6, 6.07) is 12.4. The van der Waals surface area contributed by atoms with E-state index in [4.69, 9.17) is 4.98 Å². The van der Waals surface area contributed by atoms with E-state index in [0.29, 0.717) is 33.0 Å². The number of hydrogen-bond donors (Lipinski definition) is 2. The molecule has 4 aromatic rings. The molecule has 34 heavy (non-hydrogen) atoms. The van der Waals surface area contributed by atoms with Gasteiger partial charge in [-0.05, 0) is 69.4 Å². The molecule has 0 spiro atoms. The van der Waals surface area contributed by atoms with Crippen molar-refractivity contribution in [2.75, 3.05) is 16.8 Å². The van der Waals surface area contributed by atoms with Crippen LogP contribution in [0.2, 0.25) is 0 Å². The molecule has 3 heterocycles. The predicted molar refractivity (Wildman–Crippen MR) is 139 cm³/mol. The molecule has 174 valence electrons. The fraction of sp³-hybridized carbons (Fsp3) is 0.296. The Hall–Kier alpha value is -3.45. The second-order valence-electron chi connectivity index (χ2n) is 9.18. The minimum Gasteiger partial charge on any atom is -0.364 e. The highest BCUT2D eigenvalue weighted by atomic mass is 32.1. The van der Waals surface area contributed by atoms with Crippen molar-refractivity contribution in [1.82, 2.24) is 9.97 Å². The van der Waals surface area contributed by atoms with E-state index < -0.39 is 0 Å². The Balaban J connectivity index is 1.45. The zero-order valence-corrected chi connectivity index (χ0v) is 20.7. The summed E-state index contributed by atoms with van der Waals surface area (Å²) in [5.41, 5.74) is 7.19. The van der Waals surface area contributed by atoms with Crippen LogP contribution in [0.3, 0.4) is 0 Å². The molecule has 0 atom stereocenters. The number of fused-ring (bicyclic) bond motifs is 2. The number of aryl methyl sites for hydroxylation is 5. The first kappa shape index (κ1) is 22.3. The summed E-state index contributed by atoms with van der Waals surface area (Å²) >= 11 is 1.28. The summed E-state index contributed by atoms with van der Waals surface area (Å²) < 4.78 is 0. The lowest BCUT2D eigenvalue weighted by Crippen LogP contribution is -2.30. The molecule has 7 heteroatoms. The topological polar surface area (TPSA) is 78.1 Å². The first-order valence-electron chi connectivity index (χ1n) is 11.6. The van der Waals surface area contributed by atoms with Crippen LogP contribution in [0.25, 0.3) is 10.2 Å². The SMILES string of the molecule is Cc1ccc(NC(=O)c2sc3nc(CN4CCCc5cc(C)ccc54)[nH]c(=O)c3c2C)c(C)c1. The number of rotatable bonds is 4. The molecule has 6 nitrogen and oxygen atoms in total. The molecule has 1 aliphatic rings. The molecule has 0 aliphatic carbocycles. The number of hydrogen-bond acceptors (Lipinski definition) is 5. The zero-order chi connectivity index (χ0) is 24.0. The molecule has 1 amide bonds. The lowest BCUT2D eigenvalue weighted by atomic mass is 9.99. The number of aromatic nitrogens is 2. The predicted octanol–water partition coefficient (Wildman–Crippen LogP) is 5.42. The maximum atomic E-state index is 13.1. The number of aromatic amines is 1. The third kappa shape index (κ3) is 4.12. The van der Waals surface area contributed by atoms with E-state index in [2.05, 4.69) is 40.3 Å². The summed E-state index contributed by atoms with van der Waals surface area (Å²) in [5.74, 6) is 0.405. The van der Waals surface area contributed by atoms with Crippen LogP contribution in [-0.2, 0) is 13.0 Å². The molecule has 0 saturated heterocycles. The van der Waals surface area contributed by atoms with Gasteiger partial charge in [-0.2, -0.15) is 0 Å². The fourth-order valence-electron chi connectivity index (χ4n) is 4.76. The Labute approximate surface area is 202 Å². The van der Waals surface area contributed by atoms with E-state index in [1.165, 1.54) is 28.2 Å². The molecule has 0 radical (unpaired) electrons. The van der Waals surface area contributed by atoms with Gasteiger partial charge in [0.05, 0.1) is 16.8 Å². The normalized spacial score (nSPS) is 13.2. The highest BCUT2D eigenvalue weighted by Crippen LogP contribution is 2.31. The molecule has 0 fully saturated rings. The summed E-state index contributed by atoms with van der Waals surface area (Å²) in [7, 11) is 0. The second kappa shape index (κ2) is 8.72. The Bertz CT molecular complexity index is 1480. The van der Waals surface area contributed by atoms with Crippen molar-refractivity contribution in [2.24, 2.45) is 0 Å². The molecule has 2 N–H and O–H groups in total. The van der Waals surface area contributed by atoms with E-state index in [1.807, 2.05) is 39.0 Å². The third-order valence-corrected chi connectivity index (χ3v) is 7.66. The molecule has 1 aliphatic heterocycles. The van der Waals surface area contributed by atoms with Crippen molar-refractivity contribution >= 4 is 38.8 Å². The van der Waals surface area contributed by atoms with Crippen molar-refractivity contribution < 1.29 is 4.79 Å². The van der Waals surface area contributed by atoms with Gasteiger partial charge in [-0.3, -0.25) is 9.59 Å². The highest BCUT2D eigenvalue weighted by Gasteiger charge is 2.22. The van der Waals surface area contributed by atoms with Crippen molar-refractivity contribution in [3.8, 4) is 0 Å². The van der Waals surface area contributed by atoms with Gasteiger partial charge in [0.1, 0.15) is 10.7 Å². The van der Waals surface area contributed by atoms with Crippen LogP contribution in [0.5, 0.6) is 0 Å². The Kier molecular flexibility index (Phi) is 5.73. The van der Waals surface area contributed by atoms with Crippen molar-refractivity contribution in [1.29, 1.82) is 0 Å². The number of anilines is 2. The van der Waals surface area contributed by atoms with Gasteiger partial charge < -0.3 is 15.2 Å². The van der Waals surface area contributed by atoms with Crippen LogP contribution in [0, 0.1) is 27.7 Å². The zero-order valence-electron chi connectivity index (χ0n) is 19.9. The van der Waals surface area contributed by atoms with Crippen molar-refractivity contribution in [3.63, 3.8) is 0 Å². The van der Waals surface area contributed by atoms with Crippen LogP contribution in [-0.4, -0.2) is 22.4 Å². The van der Waals surface area contributed by atoms with E-state index in [1.54, 1.807) is 0 Å². The number of benzene rings is 2. The molecule has 5 rings (SSSR count). The summed E-state index contributed by atoms with van der Waals surface area (Å²) in [4.78, 5) is 37.2. The molecule has 2 aromatic heterocycles. The lowest BCUT2D eigenvalue weighted by Gasteiger charge is -2.31. The quantitative estimate of drug-likeness (QED) is 0.416. The van der Waals surface area contributed by atoms with E-state index in [9.17, 15) is 9.59 Å². The minimum atomic E-state index is -0.214. The maximum absolute atomic E-state index is 13.1. The number of H-pyrrole nitrogens is 1. The van der Waals surface area contributed by atoms with Crippen LogP contribution in [0.4, 0.5) is 11.4 Å². The number of amides is 1. The number of carbonyl (C=O) groups excluding carboxylic acids is 1. The van der Waals surface area contributed by atoms with Gasteiger partial charge in [-0.1, -0.05) is 35.4 Å². The average Bonchev–Trinajstić information content (AvgIpc) is 3.12. The standard InChI is InChI=1S/C27H28N4O2S/c1-15-7-9-20(17(3)12-15)28-26(33)24-18(4)23-25(32)29-22(30-27(23)34-24)14-31-11-5-6-19-13-16(2)8-10-21(19)31/h7-10,12-13H,5-6,11,14H2,1-4H3,(H,28,33)(H,29,30,32). The van der Waals surface area contributed by atoms with Crippen LogP contribution in [0.15, 0.2) is 41.2 Å². The second-order valence-corrected chi connectivity index (χ2v) is 10.2. The van der Waals surface area contributed by atoms with Gasteiger partial charge in [-0.25, -0.2) is 4.98 Å². The molecule has 0 saturated carbocycles. The fourth-order valence-corrected chi connectivity index (χ4v) is 5.86.